The van der Waals surface area contributed by atoms with Crippen LogP contribution < -0.4 is 10.6 Å². The van der Waals surface area contributed by atoms with Crippen LogP contribution in [-0.4, -0.2) is 23.6 Å². The Hall–Kier alpha value is -1.32. The fourth-order valence-electron chi connectivity index (χ4n) is 1.85. The van der Waals surface area contributed by atoms with Gasteiger partial charge >= 0.3 is 0 Å². The van der Waals surface area contributed by atoms with Gasteiger partial charge in [-0.1, -0.05) is 20.8 Å². The summed E-state index contributed by atoms with van der Waals surface area (Å²) < 4.78 is 0. The number of nitrogens with one attached hydrogen (secondary N) is 2. The molecular formula is C14H26N4. The van der Waals surface area contributed by atoms with Gasteiger partial charge in [0.15, 0.2) is 0 Å². The quantitative estimate of drug-likeness (QED) is 0.729. The van der Waals surface area contributed by atoms with Gasteiger partial charge in [0.25, 0.3) is 0 Å². The van der Waals surface area contributed by atoms with Crippen LogP contribution in [0.1, 0.15) is 45.0 Å². The third-order valence-corrected chi connectivity index (χ3v) is 3.00. The van der Waals surface area contributed by atoms with E-state index in [4.69, 9.17) is 0 Å². The van der Waals surface area contributed by atoms with Gasteiger partial charge in [-0.15, -0.1) is 0 Å². The first kappa shape index (κ1) is 14.7. The van der Waals surface area contributed by atoms with Gasteiger partial charge in [-0.05, 0) is 25.7 Å². The van der Waals surface area contributed by atoms with Crippen molar-refractivity contribution in [3.8, 4) is 0 Å². The zero-order valence-electron chi connectivity index (χ0n) is 12.3. The molecule has 0 fully saturated rings. The Kier molecular flexibility index (Phi) is 5.89. The number of aryl methyl sites for hydroxylation is 1. The maximum atomic E-state index is 4.55. The summed E-state index contributed by atoms with van der Waals surface area (Å²) in [6, 6.07) is 0. The average molecular weight is 250 g/mol. The van der Waals surface area contributed by atoms with Crippen LogP contribution in [0, 0.1) is 12.8 Å². The van der Waals surface area contributed by atoms with Gasteiger partial charge < -0.3 is 10.6 Å². The third kappa shape index (κ3) is 4.17. The van der Waals surface area contributed by atoms with Crippen molar-refractivity contribution in [2.45, 2.75) is 47.0 Å². The molecule has 0 saturated heterocycles. The van der Waals surface area contributed by atoms with Gasteiger partial charge in [0.05, 0.1) is 0 Å². The molecule has 0 unspecified atom stereocenters. The summed E-state index contributed by atoms with van der Waals surface area (Å²) in [6.45, 7) is 9.61. The Labute approximate surface area is 111 Å². The van der Waals surface area contributed by atoms with Crippen LogP contribution in [-0.2, 0) is 6.42 Å². The van der Waals surface area contributed by atoms with Crippen LogP contribution in [0.3, 0.4) is 0 Å². The topological polar surface area (TPSA) is 49.8 Å². The molecule has 18 heavy (non-hydrogen) atoms. The molecule has 0 radical (unpaired) electrons. The van der Waals surface area contributed by atoms with Crippen molar-refractivity contribution in [2.75, 3.05) is 24.2 Å². The largest absolute Gasteiger partial charge is 0.373 e. The van der Waals surface area contributed by atoms with E-state index in [-0.39, 0.29) is 0 Å². The van der Waals surface area contributed by atoms with Crippen molar-refractivity contribution in [1.29, 1.82) is 0 Å². The lowest BCUT2D eigenvalue weighted by molar-refractivity contribution is 0.566. The molecule has 0 bridgehead atoms. The molecule has 1 aromatic rings. The van der Waals surface area contributed by atoms with Crippen LogP contribution in [0.2, 0.25) is 0 Å². The van der Waals surface area contributed by atoms with Crippen molar-refractivity contribution in [3.05, 3.63) is 11.4 Å². The van der Waals surface area contributed by atoms with E-state index in [1.807, 2.05) is 7.05 Å². The van der Waals surface area contributed by atoms with E-state index < -0.39 is 0 Å². The highest BCUT2D eigenvalue weighted by atomic mass is 15.1. The normalized spacial score (nSPS) is 10.8. The monoisotopic (exact) mass is 250 g/mol. The smallest absolute Gasteiger partial charge is 0.134 e. The van der Waals surface area contributed by atoms with E-state index in [0.717, 1.165) is 41.9 Å². The van der Waals surface area contributed by atoms with Gasteiger partial charge in [-0.2, -0.15) is 0 Å². The summed E-state index contributed by atoms with van der Waals surface area (Å²) in [4.78, 5) is 9.02. The van der Waals surface area contributed by atoms with Gasteiger partial charge in [0.1, 0.15) is 17.5 Å². The summed E-state index contributed by atoms with van der Waals surface area (Å²) in [7, 11) is 1.90. The highest BCUT2D eigenvalue weighted by Gasteiger charge is 2.08. The molecular weight excluding hydrogens is 224 g/mol. The molecule has 4 heteroatoms. The minimum atomic E-state index is 0.761. The fraction of sp³-hybridized carbons (Fsp3) is 0.714. The van der Waals surface area contributed by atoms with Gasteiger partial charge in [0.2, 0.25) is 0 Å². The molecule has 0 saturated carbocycles. The lowest BCUT2D eigenvalue weighted by atomic mass is 10.1. The average Bonchev–Trinajstić information content (AvgIpc) is 2.36. The van der Waals surface area contributed by atoms with Crippen molar-refractivity contribution in [2.24, 2.45) is 5.92 Å². The van der Waals surface area contributed by atoms with Crippen molar-refractivity contribution < 1.29 is 0 Å². The predicted octanol–water partition coefficient (Wildman–Crippen LogP) is 3.24. The first-order valence-corrected chi connectivity index (χ1v) is 6.87. The molecule has 1 rings (SSSR count). The van der Waals surface area contributed by atoms with Crippen molar-refractivity contribution >= 4 is 11.6 Å². The molecule has 1 aromatic heterocycles. The molecule has 0 atom stereocenters. The summed E-state index contributed by atoms with van der Waals surface area (Å²) in [5.74, 6) is 3.54. The first-order valence-electron chi connectivity index (χ1n) is 6.87. The summed E-state index contributed by atoms with van der Waals surface area (Å²) >= 11 is 0. The second-order valence-electron chi connectivity index (χ2n) is 5.03. The van der Waals surface area contributed by atoms with Crippen LogP contribution in [0.25, 0.3) is 0 Å². The number of anilines is 2. The maximum absolute atomic E-state index is 4.55. The van der Waals surface area contributed by atoms with E-state index in [1.165, 1.54) is 12.8 Å². The zero-order valence-corrected chi connectivity index (χ0v) is 12.3. The van der Waals surface area contributed by atoms with Gasteiger partial charge in [0, 0.05) is 25.6 Å². The lowest BCUT2D eigenvalue weighted by Gasteiger charge is -2.13. The lowest BCUT2D eigenvalue weighted by Crippen LogP contribution is -2.10. The van der Waals surface area contributed by atoms with Crippen LogP contribution in [0.15, 0.2) is 0 Å². The van der Waals surface area contributed by atoms with Crippen LogP contribution >= 0.6 is 0 Å². The van der Waals surface area contributed by atoms with E-state index in [9.17, 15) is 0 Å². The Morgan fingerprint density at radius 2 is 1.83 bits per heavy atom. The Balaban J connectivity index is 2.68. The van der Waals surface area contributed by atoms with Gasteiger partial charge in [-0.3, -0.25) is 0 Å². The molecule has 0 spiro atoms. The summed E-state index contributed by atoms with van der Waals surface area (Å²) in [6.07, 6.45) is 3.28. The van der Waals surface area contributed by atoms with Crippen LogP contribution in [0.4, 0.5) is 11.6 Å². The molecule has 1 heterocycles. The summed E-state index contributed by atoms with van der Waals surface area (Å²) in [5.41, 5.74) is 1.10. The molecule has 0 aliphatic heterocycles. The Bertz CT molecular complexity index is 374. The SMILES string of the molecule is CCc1nc(NC)c(C)c(NCCCC(C)C)n1. The van der Waals surface area contributed by atoms with E-state index in [1.54, 1.807) is 0 Å². The number of aromatic nitrogens is 2. The van der Waals surface area contributed by atoms with Gasteiger partial charge in [-0.25, -0.2) is 9.97 Å². The molecule has 102 valence electrons. The molecule has 4 nitrogen and oxygen atoms in total. The van der Waals surface area contributed by atoms with Crippen molar-refractivity contribution in [3.63, 3.8) is 0 Å². The van der Waals surface area contributed by atoms with E-state index in [2.05, 4.69) is 48.3 Å². The number of rotatable bonds is 7. The molecule has 0 aliphatic rings. The summed E-state index contributed by atoms with van der Waals surface area (Å²) in [5, 5.41) is 6.55. The molecule has 0 amide bonds. The molecule has 0 aliphatic carbocycles. The number of hydrogen-bond acceptors (Lipinski definition) is 4. The second-order valence-corrected chi connectivity index (χ2v) is 5.03. The van der Waals surface area contributed by atoms with Crippen LogP contribution in [0.5, 0.6) is 0 Å². The minimum absolute atomic E-state index is 0.761. The number of nitrogens with zero attached hydrogens (tertiary/aromatic N) is 2. The highest BCUT2D eigenvalue weighted by molar-refractivity contribution is 5.56. The zero-order chi connectivity index (χ0) is 13.5. The first-order chi connectivity index (χ1) is 8.58. The van der Waals surface area contributed by atoms with E-state index in [0.29, 0.717) is 0 Å². The standard InChI is InChI=1S/C14H26N4/c1-6-12-17-13(15-5)11(4)14(18-12)16-9-7-8-10(2)3/h10H,6-9H2,1-5H3,(H2,15,16,17,18). The second kappa shape index (κ2) is 7.19. The Morgan fingerprint density at radius 1 is 1.17 bits per heavy atom. The maximum Gasteiger partial charge on any atom is 0.134 e. The Morgan fingerprint density at radius 3 is 2.39 bits per heavy atom. The molecule has 2 N–H and O–H groups in total. The number of hydrogen-bond donors (Lipinski definition) is 2. The highest BCUT2D eigenvalue weighted by Crippen LogP contribution is 2.19. The van der Waals surface area contributed by atoms with E-state index >= 15 is 0 Å². The molecule has 0 aromatic carbocycles. The van der Waals surface area contributed by atoms with Crippen molar-refractivity contribution in [1.82, 2.24) is 9.97 Å². The minimum Gasteiger partial charge on any atom is -0.373 e. The fourth-order valence-corrected chi connectivity index (χ4v) is 1.85. The third-order valence-electron chi connectivity index (χ3n) is 3.00. The predicted molar refractivity (Wildman–Crippen MR) is 78.3 cm³/mol.